The van der Waals surface area contributed by atoms with Crippen molar-refractivity contribution in [2.75, 3.05) is 18.0 Å². The number of anilines is 1. The zero-order valence-corrected chi connectivity index (χ0v) is 12.9. The van der Waals surface area contributed by atoms with Crippen molar-refractivity contribution < 1.29 is 0 Å². The zero-order chi connectivity index (χ0) is 13.8. The third kappa shape index (κ3) is 4.36. The van der Waals surface area contributed by atoms with Crippen LogP contribution in [0.5, 0.6) is 0 Å². The molecule has 1 N–H and O–H groups in total. The van der Waals surface area contributed by atoms with Crippen LogP contribution in [0.25, 0.3) is 0 Å². The molecule has 0 saturated heterocycles. The highest BCUT2D eigenvalue weighted by molar-refractivity contribution is 6.31. The highest BCUT2D eigenvalue weighted by Crippen LogP contribution is 2.31. The number of halogens is 1. The minimum atomic E-state index is 0.440. The molecule has 0 amide bonds. The van der Waals surface area contributed by atoms with E-state index < -0.39 is 0 Å². The van der Waals surface area contributed by atoms with Crippen LogP contribution in [0.1, 0.15) is 39.3 Å². The third-order valence-electron chi connectivity index (χ3n) is 3.46. The lowest BCUT2D eigenvalue weighted by atomic mass is 10.3. The molecular formula is C15H24ClN3. The van der Waals surface area contributed by atoms with E-state index >= 15 is 0 Å². The molecule has 0 aliphatic heterocycles. The molecule has 0 bridgehead atoms. The monoisotopic (exact) mass is 281 g/mol. The summed E-state index contributed by atoms with van der Waals surface area (Å²) in [5.74, 6) is 1.93. The van der Waals surface area contributed by atoms with Crippen molar-refractivity contribution in [3.63, 3.8) is 0 Å². The number of nitrogens with one attached hydrogen (secondary N) is 1. The van der Waals surface area contributed by atoms with Crippen molar-refractivity contribution in [2.45, 2.75) is 46.2 Å². The van der Waals surface area contributed by atoms with Gasteiger partial charge in [-0.15, -0.1) is 0 Å². The van der Waals surface area contributed by atoms with E-state index in [1.54, 1.807) is 0 Å². The predicted octanol–water partition coefficient (Wildman–Crippen LogP) is 3.47. The average molecular weight is 282 g/mol. The van der Waals surface area contributed by atoms with Crippen LogP contribution >= 0.6 is 11.6 Å². The fourth-order valence-corrected chi connectivity index (χ4v) is 2.24. The number of aromatic nitrogens is 1. The molecule has 3 nitrogen and oxygen atoms in total. The van der Waals surface area contributed by atoms with Crippen LogP contribution in [0.2, 0.25) is 5.02 Å². The first-order chi connectivity index (χ1) is 9.10. The SMILES string of the molecule is CCN(CC1CC1)c1ccc(Cl)c(CNC(C)C)n1. The van der Waals surface area contributed by atoms with Gasteiger partial charge >= 0.3 is 0 Å². The maximum Gasteiger partial charge on any atom is 0.128 e. The highest BCUT2D eigenvalue weighted by atomic mass is 35.5. The Kier molecular flexibility index (Phi) is 5.06. The van der Waals surface area contributed by atoms with E-state index in [4.69, 9.17) is 16.6 Å². The maximum absolute atomic E-state index is 6.22. The van der Waals surface area contributed by atoms with Crippen molar-refractivity contribution >= 4 is 17.4 Å². The Morgan fingerprint density at radius 2 is 2.16 bits per heavy atom. The van der Waals surface area contributed by atoms with Crippen molar-refractivity contribution in [1.82, 2.24) is 10.3 Å². The number of hydrogen-bond donors (Lipinski definition) is 1. The predicted molar refractivity (Wildman–Crippen MR) is 81.8 cm³/mol. The van der Waals surface area contributed by atoms with Gasteiger partial charge in [0.25, 0.3) is 0 Å². The van der Waals surface area contributed by atoms with E-state index in [9.17, 15) is 0 Å². The molecule has 4 heteroatoms. The minimum Gasteiger partial charge on any atom is -0.357 e. The molecule has 2 rings (SSSR count). The molecule has 1 heterocycles. The number of pyridine rings is 1. The van der Waals surface area contributed by atoms with Crippen molar-refractivity contribution in [3.8, 4) is 0 Å². The van der Waals surface area contributed by atoms with Crippen LogP contribution in [0.4, 0.5) is 5.82 Å². The number of rotatable bonds is 7. The van der Waals surface area contributed by atoms with Gasteiger partial charge in [-0.1, -0.05) is 25.4 Å². The molecular weight excluding hydrogens is 258 g/mol. The van der Waals surface area contributed by atoms with Gasteiger partial charge in [-0.25, -0.2) is 4.98 Å². The van der Waals surface area contributed by atoms with Crippen LogP contribution in [-0.2, 0) is 6.54 Å². The van der Waals surface area contributed by atoms with E-state index in [1.807, 2.05) is 12.1 Å². The van der Waals surface area contributed by atoms with Gasteiger partial charge in [0.15, 0.2) is 0 Å². The quantitative estimate of drug-likeness (QED) is 0.829. The Morgan fingerprint density at radius 3 is 2.74 bits per heavy atom. The molecule has 19 heavy (non-hydrogen) atoms. The van der Waals surface area contributed by atoms with E-state index in [-0.39, 0.29) is 0 Å². The Hall–Kier alpha value is -0.800. The molecule has 0 spiro atoms. The lowest BCUT2D eigenvalue weighted by Gasteiger charge is -2.23. The van der Waals surface area contributed by atoms with Crippen LogP contribution in [0, 0.1) is 5.92 Å². The normalized spacial score (nSPS) is 15.0. The Balaban J connectivity index is 2.08. The highest BCUT2D eigenvalue weighted by Gasteiger charge is 2.24. The molecule has 1 fully saturated rings. The molecule has 106 valence electrons. The van der Waals surface area contributed by atoms with Gasteiger partial charge in [0.05, 0.1) is 10.7 Å². The standard InChI is InChI=1S/C15H24ClN3/c1-4-19(10-12-5-6-12)15-8-7-13(16)14(18-15)9-17-11(2)3/h7-8,11-12,17H,4-6,9-10H2,1-3H3. The second kappa shape index (κ2) is 6.58. The summed E-state index contributed by atoms with van der Waals surface area (Å²) in [6.07, 6.45) is 2.73. The van der Waals surface area contributed by atoms with Gasteiger partial charge < -0.3 is 10.2 Å². The van der Waals surface area contributed by atoms with Gasteiger partial charge in [0.2, 0.25) is 0 Å². The summed E-state index contributed by atoms with van der Waals surface area (Å²) in [6.45, 7) is 9.30. The number of nitrogens with zero attached hydrogens (tertiary/aromatic N) is 2. The second-order valence-corrected chi connectivity index (χ2v) is 6.02. The molecule has 0 radical (unpaired) electrons. The molecule has 0 atom stereocenters. The van der Waals surface area contributed by atoms with E-state index in [0.29, 0.717) is 6.04 Å². The minimum absolute atomic E-state index is 0.440. The lowest BCUT2D eigenvalue weighted by Crippen LogP contribution is -2.27. The maximum atomic E-state index is 6.22. The fourth-order valence-electron chi connectivity index (χ4n) is 2.07. The molecule has 1 aromatic rings. The molecule has 1 aliphatic carbocycles. The largest absolute Gasteiger partial charge is 0.357 e. The Bertz CT molecular complexity index is 416. The van der Waals surface area contributed by atoms with Gasteiger partial charge in [-0.05, 0) is 37.8 Å². The topological polar surface area (TPSA) is 28.2 Å². The first-order valence-electron chi connectivity index (χ1n) is 7.24. The van der Waals surface area contributed by atoms with Crippen LogP contribution in [-0.4, -0.2) is 24.1 Å². The zero-order valence-electron chi connectivity index (χ0n) is 12.1. The second-order valence-electron chi connectivity index (χ2n) is 5.62. The smallest absolute Gasteiger partial charge is 0.128 e. The summed E-state index contributed by atoms with van der Waals surface area (Å²) >= 11 is 6.22. The molecule has 1 aliphatic rings. The van der Waals surface area contributed by atoms with Crippen molar-refractivity contribution in [3.05, 3.63) is 22.8 Å². The van der Waals surface area contributed by atoms with Crippen molar-refractivity contribution in [2.24, 2.45) is 5.92 Å². The van der Waals surface area contributed by atoms with E-state index in [1.165, 1.54) is 12.8 Å². The van der Waals surface area contributed by atoms with E-state index in [2.05, 4.69) is 31.0 Å². The summed E-state index contributed by atoms with van der Waals surface area (Å²) in [7, 11) is 0. The summed E-state index contributed by atoms with van der Waals surface area (Å²) in [5.41, 5.74) is 0.946. The van der Waals surface area contributed by atoms with Crippen LogP contribution < -0.4 is 10.2 Å². The third-order valence-corrected chi connectivity index (χ3v) is 3.81. The average Bonchev–Trinajstić information content (AvgIpc) is 3.19. The summed E-state index contributed by atoms with van der Waals surface area (Å²) in [4.78, 5) is 7.08. The van der Waals surface area contributed by atoms with Crippen LogP contribution in [0.3, 0.4) is 0 Å². The van der Waals surface area contributed by atoms with Gasteiger partial charge in [0, 0.05) is 25.7 Å². The summed E-state index contributed by atoms with van der Waals surface area (Å²) in [6, 6.07) is 4.44. The molecule has 0 aromatic carbocycles. The lowest BCUT2D eigenvalue weighted by molar-refractivity contribution is 0.581. The number of hydrogen-bond acceptors (Lipinski definition) is 3. The van der Waals surface area contributed by atoms with Gasteiger partial charge in [-0.3, -0.25) is 0 Å². The Labute approximate surface area is 121 Å². The van der Waals surface area contributed by atoms with Gasteiger partial charge in [0.1, 0.15) is 5.82 Å². The molecule has 1 aromatic heterocycles. The first-order valence-corrected chi connectivity index (χ1v) is 7.61. The van der Waals surface area contributed by atoms with E-state index in [0.717, 1.165) is 42.1 Å². The Morgan fingerprint density at radius 1 is 1.42 bits per heavy atom. The fraction of sp³-hybridized carbons (Fsp3) is 0.667. The van der Waals surface area contributed by atoms with Gasteiger partial charge in [-0.2, -0.15) is 0 Å². The first kappa shape index (κ1) is 14.6. The van der Waals surface area contributed by atoms with Crippen LogP contribution in [0.15, 0.2) is 12.1 Å². The molecule has 0 unspecified atom stereocenters. The summed E-state index contributed by atoms with van der Waals surface area (Å²) < 4.78 is 0. The van der Waals surface area contributed by atoms with Crippen molar-refractivity contribution in [1.29, 1.82) is 0 Å². The molecule has 1 saturated carbocycles. The summed E-state index contributed by atoms with van der Waals surface area (Å²) in [5, 5.41) is 4.12.